The van der Waals surface area contributed by atoms with Gasteiger partial charge in [0.05, 0.1) is 11.8 Å². The topological polar surface area (TPSA) is 69.6 Å². The number of imide groups is 1. The van der Waals surface area contributed by atoms with E-state index in [9.17, 15) is 9.59 Å². The van der Waals surface area contributed by atoms with E-state index in [1.165, 1.54) is 0 Å². The maximum Gasteiger partial charge on any atom is 0.233 e. The maximum atomic E-state index is 13.1. The summed E-state index contributed by atoms with van der Waals surface area (Å²) in [5.41, 5.74) is 0. The van der Waals surface area contributed by atoms with E-state index in [1.54, 1.807) is 18.5 Å². The zero-order valence-corrected chi connectivity index (χ0v) is 16.0. The molecule has 1 aromatic heterocycles. The highest BCUT2D eigenvalue weighted by Gasteiger charge is 2.60. The second-order valence-electron chi connectivity index (χ2n) is 8.01. The van der Waals surface area contributed by atoms with Gasteiger partial charge < -0.3 is 4.90 Å². The summed E-state index contributed by atoms with van der Waals surface area (Å²) in [4.78, 5) is 40.3. The highest BCUT2D eigenvalue weighted by molar-refractivity contribution is 6.06. The minimum atomic E-state index is -1.89. The molecule has 2 unspecified atom stereocenters. The molecule has 0 radical (unpaired) electrons. The lowest BCUT2D eigenvalue weighted by atomic mass is 9.81. The molecule has 2 aliphatic heterocycles. The van der Waals surface area contributed by atoms with Crippen molar-refractivity contribution in [3.05, 3.63) is 18.5 Å². The number of aromatic nitrogens is 2. The summed E-state index contributed by atoms with van der Waals surface area (Å²) in [6, 6.07) is 1.80. The van der Waals surface area contributed by atoms with Gasteiger partial charge in [0.25, 0.3) is 0 Å². The fourth-order valence-electron chi connectivity index (χ4n) is 4.89. The van der Waals surface area contributed by atoms with Crippen LogP contribution < -0.4 is 4.90 Å². The van der Waals surface area contributed by atoms with Crippen LogP contribution in [0.5, 0.6) is 0 Å². The molecule has 2 saturated heterocycles. The van der Waals surface area contributed by atoms with Crippen LogP contribution in [0, 0.1) is 23.6 Å². The third kappa shape index (κ3) is 3.09. The van der Waals surface area contributed by atoms with Gasteiger partial charge in [-0.25, -0.2) is 9.97 Å². The molecular formula is C21H29N5O2. The Kier molecular flexibility index (Phi) is 3.72. The van der Waals surface area contributed by atoms with E-state index in [0.717, 1.165) is 50.0 Å². The van der Waals surface area contributed by atoms with Crippen LogP contribution in [0.25, 0.3) is 0 Å². The van der Waals surface area contributed by atoms with Crippen molar-refractivity contribution >= 4 is 17.8 Å². The molecule has 1 aromatic rings. The molecule has 150 valence electrons. The van der Waals surface area contributed by atoms with Gasteiger partial charge in [0.1, 0.15) is 0 Å². The van der Waals surface area contributed by atoms with Gasteiger partial charge in [0.2, 0.25) is 17.8 Å². The number of amides is 2. The van der Waals surface area contributed by atoms with Gasteiger partial charge in [0.15, 0.2) is 0 Å². The Morgan fingerprint density at radius 3 is 2.21 bits per heavy atom. The average molecular weight is 388 g/mol. The van der Waals surface area contributed by atoms with Crippen LogP contribution in [0.4, 0.5) is 5.95 Å². The van der Waals surface area contributed by atoms with E-state index in [4.69, 9.17) is 5.48 Å². The highest BCUT2D eigenvalue weighted by Crippen LogP contribution is 2.56. The number of rotatable bonds is 6. The van der Waals surface area contributed by atoms with Crippen molar-refractivity contribution in [2.45, 2.75) is 32.1 Å². The molecule has 2 bridgehead atoms. The summed E-state index contributed by atoms with van der Waals surface area (Å²) in [5, 5.41) is 0. The number of fused-ring (bicyclic) bond motifs is 5. The first-order valence-electron chi connectivity index (χ1n) is 12.4. The second kappa shape index (κ2) is 7.43. The number of piperazine rings is 1. The lowest BCUT2D eigenvalue weighted by molar-refractivity contribution is -0.140. The molecule has 7 heteroatoms. The molecule has 2 amide bonds. The number of nitrogens with zero attached hydrogens (tertiary/aromatic N) is 5. The van der Waals surface area contributed by atoms with Crippen LogP contribution >= 0.6 is 0 Å². The van der Waals surface area contributed by atoms with Crippen LogP contribution in [0.15, 0.2) is 18.5 Å². The van der Waals surface area contributed by atoms with Crippen molar-refractivity contribution in [2.75, 3.05) is 44.2 Å². The van der Waals surface area contributed by atoms with Crippen molar-refractivity contribution in [1.29, 1.82) is 0 Å². The number of anilines is 1. The molecule has 28 heavy (non-hydrogen) atoms. The van der Waals surface area contributed by atoms with Gasteiger partial charge in [-0.15, -0.1) is 0 Å². The van der Waals surface area contributed by atoms with Crippen molar-refractivity contribution in [3.8, 4) is 0 Å². The first kappa shape index (κ1) is 14.0. The number of unbranched alkanes of at least 4 members (excludes halogenated alkanes) is 1. The fraction of sp³-hybridized carbons (Fsp3) is 0.714. The minimum Gasteiger partial charge on any atom is -0.338 e. The van der Waals surface area contributed by atoms with Crippen LogP contribution in [0.3, 0.4) is 0 Å². The van der Waals surface area contributed by atoms with Crippen LogP contribution in [-0.4, -0.2) is 70.9 Å². The molecule has 0 N–H and O–H groups in total. The number of hydrogen-bond donors (Lipinski definition) is 0. The first-order chi connectivity index (χ1) is 15.3. The largest absolute Gasteiger partial charge is 0.338 e. The Labute approximate surface area is 171 Å². The Morgan fingerprint density at radius 2 is 1.57 bits per heavy atom. The Hall–Kier alpha value is -2.02. The predicted molar refractivity (Wildman–Crippen MR) is 104 cm³/mol. The second-order valence-corrected chi connectivity index (χ2v) is 8.01. The van der Waals surface area contributed by atoms with Crippen LogP contribution in [0.2, 0.25) is 0 Å². The quantitative estimate of drug-likeness (QED) is 0.543. The van der Waals surface area contributed by atoms with E-state index in [-0.39, 0.29) is 6.54 Å². The molecule has 2 aliphatic carbocycles. The lowest BCUT2D eigenvalue weighted by Crippen LogP contribution is -2.47. The molecule has 4 aliphatic rings. The van der Waals surface area contributed by atoms with Crippen molar-refractivity contribution in [1.82, 2.24) is 19.8 Å². The normalized spacial score (nSPS) is 45.0. The predicted octanol–water partition coefficient (Wildman–Crippen LogP) is 1.41. The molecule has 3 heterocycles. The highest BCUT2D eigenvalue weighted by atomic mass is 16.2. The first-order valence-corrected chi connectivity index (χ1v) is 10.3. The summed E-state index contributed by atoms with van der Waals surface area (Å²) in [6.07, 6.45) is 3.47. The minimum absolute atomic E-state index is 0.210. The third-order valence-corrected chi connectivity index (χ3v) is 6.38. The average Bonchev–Trinajstić information content (AvgIpc) is 3.30. The molecule has 0 aromatic carbocycles. The lowest BCUT2D eigenvalue weighted by Gasteiger charge is -2.34. The van der Waals surface area contributed by atoms with E-state index >= 15 is 0 Å². The standard InChI is InChI=1S/C21H29N5O2/c27-19-17-15-4-5-16(14-15)18(17)20(28)26(19)9-2-1-8-24-10-12-25(13-11-24)21-22-6-3-7-23-21/h3,6-7,15-18H,1-2,4-5,8-14H2/t15-,16+,17-,18+/i4D,5D,17D,18D/t4?,5?,15-,16+,17-,18+. The van der Waals surface area contributed by atoms with Crippen molar-refractivity contribution in [3.63, 3.8) is 0 Å². The van der Waals surface area contributed by atoms with Gasteiger partial charge >= 0.3 is 0 Å². The summed E-state index contributed by atoms with van der Waals surface area (Å²) in [5.74, 6) is -5.67. The molecular weight excluding hydrogens is 354 g/mol. The van der Waals surface area contributed by atoms with Crippen LogP contribution in [0.1, 0.15) is 37.5 Å². The van der Waals surface area contributed by atoms with E-state index in [0.29, 0.717) is 12.8 Å². The van der Waals surface area contributed by atoms with Crippen LogP contribution in [-0.2, 0) is 9.59 Å². The number of carbonyl (C=O) groups excluding carboxylic acids is 2. The van der Waals surface area contributed by atoms with Crippen molar-refractivity contribution < 1.29 is 15.1 Å². The monoisotopic (exact) mass is 387 g/mol. The SMILES string of the molecule is [2H]C1C([2H])[C@@H]2C[C@H]1[C@]1([2H])C(=O)N(CCCCN3CCN(c4ncccn4)CC3)C(=O)[C@]21[2H]. The summed E-state index contributed by atoms with van der Waals surface area (Å²) >= 11 is 0. The van der Waals surface area contributed by atoms with E-state index in [2.05, 4.69) is 19.8 Å². The zero-order chi connectivity index (χ0) is 22.7. The molecule has 0 spiro atoms. The van der Waals surface area contributed by atoms with Gasteiger partial charge in [-0.05, 0) is 56.5 Å². The number of carbonyl (C=O) groups is 2. The molecule has 6 atom stereocenters. The molecule has 5 rings (SSSR count). The Balaban J connectivity index is 1.13. The van der Waals surface area contributed by atoms with E-state index < -0.39 is 48.2 Å². The molecule has 7 nitrogen and oxygen atoms in total. The zero-order valence-electron chi connectivity index (χ0n) is 20.0. The Bertz CT molecular complexity index is 863. The van der Waals surface area contributed by atoms with Crippen molar-refractivity contribution in [2.24, 2.45) is 23.6 Å². The van der Waals surface area contributed by atoms with Gasteiger partial charge in [-0.3, -0.25) is 19.4 Å². The van der Waals surface area contributed by atoms with E-state index in [1.807, 2.05) is 0 Å². The molecule has 2 saturated carbocycles. The summed E-state index contributed by atoms with van der Waals surface area (Å²) in [7, 11) is 0. The molecule has 4 fully saturated rings. The summed E-state index contributed by atoms with van der Waals surface area (Å²) < 4.78 is 33.9. The van der Waals surface area contributed by atoms with Gasteiger partial charge in [0, 0.05) is 50.6 Å². The maximum absolute atomic E-state index is 13.1. The smallest absolute Gasteiger partial charge is 0.233 e. The number of hydrogen-bond acceptors (Lipinski definition) is 6. The number of likely N-dealkylation sites (tertiary alicyclic amines) is 1. The third-order valence-electron chi connectivity index (χ3n) is 6.38. The fourth-order valence-corrected chi connectivity index (χ4v) is 4.89. The summed E-state index contributed by atoms with van der Waals surface area (Å²) in [6.45, 7) is 4.55. The van der Waals surface area contributed by atoms with Gasteiger partial charge in [-0.1, -0.05) is 0 Å². The van der Waals surface area contributed by atoms with Gasteiger partial charge in [-0.2, -0.15) is 0 Å². The Morgan fingerprint density at radius 1 is 0.964 bits per heavy atom.